The summed E-state index contributed by atoms with van der Waals surface area (Å²) in [6, 6.07) is 6.64. The van der Waals surface area contributed by atoms with Gasteiger partial charge in [0.1, 0.15) is 0 Å². The number of benzene rings is 1. The van der Waals surface area contributed by atoms with E-state index in [4.69, 9.17) is 5.11 Å². The lowest BCUT2D eigenvalue weighted by molar-refractivity contribution is 0.0697. The van der Waals surface area contributed by atoms with Gasteiger partial charge < -0.3 is 10.4 Å². The van der Waals surface area contributed by atoms with Crippen LogP contribution in [0.25, 0.3) is 0 Å². The summed E-state index contributed by atoms with van der Waals surface area (Å²) in [4.78, 5) is 10.7. The van der Waals surface area contributed by atoms with Crippen molar-refractivity contribution in [2.24, 2.45) is 7.05 Å². The Hall–Kier alpha value is -2.30. The van der Waals surface area contributed by atoms with Gasteiger partial charge in [-0.15, -0.1) is 0 Å². The zero-order chi connectivity index (χ0) is 13.1. The number of carboxylic acid groups (broad SMARTS) is 1. The second-order valence-electron chi connectivity index (χ2n) is 4.02. The minimum atomic E-state index is -0.919. The largest absolute Gasteiger partial charge is 0.478 e. The van der Waals surface area contributed by atoms with Crippen molar-refractivity contribution in [3.8, 4) is 0 Å². The van der Waals surface area contributed by atoms with Crippen LogP contribution in [0.15, 0.2) is 30.5 Å². The van der Waals surface area contributed by atoms with Gasteiger partial charge in [-0.05, 0) is 30.7 Å². The standard InChI is InChI=1S/C13H15N3O2/c1-3-11-12(8-16(2)15-11)14-10-6-4-9(5-7-10)13(17)18/h4-8,14H,3H2,1-2H3,(H,17,18). The van der Waals surface area contributed by atoms with Gasteiger partial charge in [-0.25, -0.2) is 4.79 Å². The second kappa shape index (κ2) is 4.91. The minimum absolute atomic E-state index is 0.280. The molecule has 2 aromatic rings. The first-order valence-corrected chi connectivity index (χ1v) is 5.73. The van der Waals surface area contributed by atoms with Gasteiger partial charge in [0.05, 0.1) is 16.9 Å². The highest BCUT2D eigenvalue weighted by atomic mass is 16.4. The number of hydrogen-bond donors (Lipinski definition) is 2. The number of aromatic nitrogens is 2. The van der Waals surface area contributed by atoms with E-state index >= 15 is 0 Å². The van der Waals surface area contributed by atoms with Crippen molar-refractivity contribution in [3.05, 3.63) is 41.7 Å². The van der Waals surface area contributed by atoms with Crippen LogP contribution in [0.3, 0.4) is 0 Å². The van der Waals surface area contributed by atoms with E-state index in [0.717, 1.165) is 23.5 Å². The third-order valence-corrected chi connectivity index (χ3v) is 2.65. The summed E-state index contributed by atoms with van der Waals surface area (Å²) in [5.41, 5.74) is 3.06. The van der Waals surface area contributed by atoms with E-state index in [9.17, 15) is 4.79 Å². The Bertz CT molecular complexity index is 558. The summed E-state index contributed by atoms with van der Waals surface area (Å²) in [5, 5.41) is 16.4. The third kappa shape index (κ3) is 2.51. The molecule has 0 saturated heterocycles. The predicted molar refractivity (Wildman–Crippen MR) is 69.3 cm³/mol. The Morgan fingerprint density at radius 1 is 1.39 bits per heavy atom. The number of nitrogens with one attached hydrogen (secondary N) is 1. The Morgan fingerprint density at radius 2 is 2.06 bits per heavy atom. The van der Waals surface area contributed by atoms with Gasteiger partial charge in [0.15, 0.2) is 0 Å². The lowest BCUT2D eigenvalue weighted by Gasteiger charge is -2.05. The van der Waals surface area contributed by atoms with Gasteiger partial charge >= 0.3 is 5.97 Å². The third-order valence-electron chi connectivity index (χ3n) is 2.65. The summed E-state index contributed by atoms with van der Waals surface area (Å²) in [6.07, 6.45) is 2.75. The Morgan fingerprint density at radius 3 is 2.61 bits per heavy atom. The maximum absolute atomic E-state index is 10.7. The number of carbonyl (C=O) groups is 1. The van der Waals surface area contributed by atoms with Gasteiger partial charge in [-0.3, -0.25) is 4.68 Å². The molecule has 0 aliphatic carbocycles. The fraction of sp³-hybridized carbons (Fsp3) is 0.231. The Labute approximate surface area is 105 Å². The highest BCUT2D eigenvalue weighted by molar-refractivity contribution is 5.88. The van der Waals surface area contributed by atoms with Crippen molar-refractivity contribution in [3.63, 3.8) is 0 Å². The van der Waals surface area contributed by atoms with Gasteiger partial charge in [0.25, 0.3) is 0 Å². The van der Waals surface area contributed by atoms with Crippen molar-refractivity contribution in [1.29, 1.82) is 0 Å². The summed E-state index contributed by atoms with van der Waals surface area (Å²) in [7, 11) is 1.87. The van der Waals surface area contributed by atoms with Crippen LogP contribution in [0.2, 0.25) is 0 Å². The Kier molecular flexibility index (Phi) is 3.32. The molecule has 0 bridgehead atoms. The summed E-state index contributed by atoms with van der Waals surface area (Å²) >= 11 is 0. The molecule has 1 aromatic carbocycles. The van der Waals surface area contributed by atoms with E-state index < -0.39 is 5.97 Å². The number of aromatic carboxylic acids is 1. The summed E-state index contributed by atoms with van der Waals surface area (Å²) in [5.74, 6) is -0.919. The molecular weight excluding hydrogens is 230 g/mol. The average Bonchev–Trinajstić information content (AvgIpc) is 2.70. The molecule has 2 N–H and O–H groups in total. The fourth-order valence-electron chi connectivity index (χ4n) is 1.75. The fourth-order valence-corrected chi connectivity index (χ4v) is 1.75. The topological polar surface area (TPSA) is 67.2 Å². The molecule has 0 aliphatic heterocycles. The van der Waals surface area contributed by atoms with Crippen molar-refractivity contribution < 1.29 is 9.90 Å². The van der Waals surface area contributed by atoms with Crippen LogP contribution in [0.4, 0.5) is 11.4 Å². The number of anilines is 2. The van der Waals surface area contributed by atoms with E-state index in [2.05, 4.69) is 10.4 Å². The van der Waals surface area contributed by atoms with Crippen LogP contribution >= 0.6 is 0 Å². The average molecular weight is 245 g/mol. The van der Waals surface area contributed by atoms with Crippen LogP contribution in [0.5, 0.6) is 0 Å². The zero-order valence-corrected chi connectivity index (χ0v) is 10.3. The van der Waals surface area contributed by atoms with Crippen LogP contribution in [0.1, 0.15) is 23.0 Å². The lowest BCUT2D eigenvalue weighted by Crippen LogP contribution is -1.97. The first-order valence-electron chi connectivity index (χ1n) is 5.73. The first kappa shape index (κ1) is 12.2. The van der Waals surface area contributed by atoms with Crippen LogP contribution < -0.4 is 5.32 Å². The van der Waals surface area contributed by atoms with Gasteiger partial charge in [-0.1, -0.05) is 6.92 Å². The molecule has 1 heterocycles. The Balaban J connectivity index is 2.20. The quantitative estimate of drug-likeness (QED) is 0.868. The van der Waals surface area contributed by atoms with E-state index in [1.54, 1.807) is 28.9 Å². The van der Waals surface area contributed by atoms with E-state index in [1.165, 1.54) is 0 Å². The highest BCUT2D eigenvalue weighted by Gasteiger charge is 2.06. The molecule has 0 unspecified atom stereocenters. The van der Waals surface area contributed by atoms with Gasteiger partial charge in [-0.2, -0.15) is 5.10 Å². The van der Waals surface area contributed by atoms with Gasteiger partial charge in [0, 0.05) is 18.9 Å². The molecule has 18 heavy (non-hydrogen) atoms. The maximum Gasteiger partial charge on any atom is 0.335 e. The van der Waals surface area contributed by atoms with Crippen molar-refractivity contribution in [2.75, 3.05) is 5.32 Å². The molecule has 0 fully saturated rings. The van der Waals surface area contributed by atoms with Crippen molar-refractivity contribution in [1.82, 2.24) is 9.78 Å². The molecule has 0 aliphatic rings. The molecular formula is C13H15N3O2. The normalized spacial score (nSPS) is 10.3. The molecule has 0 amide bonds. The van der Waals surface area contributed by atoms with Crippen molar-refractivity contribution >= 4 is 17.3 Å². The first-order chi connectivity index (χ1) is 8.60. The monoisotopic (exact) mass is 245 g/mol. The maximum atomic E-state index is 10.7. The molecule has 0 saturated carbocycles. The van der Waals surface area contributed by atoms with E-state index in [1.807, 2.05) is 20.2 Å². The minimum Gasteiger partial charge on any atom is -0.478 e. The molecule has 94 valence electrons. The molecule has 1 aromatic heterocycles. The number of aryl methyl sites for hydroxylation is 2. The predicted octanol–water partition coefficient (Wildman–Crippen LogP) is 2.42. The van der Waals surface area contributed by atoms with E-state index in [-0.39, 0.29) is 5.56 Å². The van der Waals surface area contributed by atoms with Gasteiger partial charge in [0.2, 0.25) is 0 Å². The number of rotatable bonds is 4. The van der Waals surface area contributed by atoms with Crippen LogP contribution in [-0.2, 0) is 13.5 Å². The number of hydrogen-bond acceptors (Lipinski definition) is 3. The van der Waals surface area contributed by atoms with Crippen molar-refractivity contribution in [2.45, 2.75) is 13.3 Å². The lowest BCUT2D eigenvalue weighted by atomic mass is 10.2. The molecule has 0 spiro atoms. The summed E-state index contributed by atoms with van der Waals surface area (Å²) in [6.45, 7) is 2.04. The molecule has 5 heteroatoms. The zero-order valence-electron chi connectivity index (χ0n) is 10.3. The molecule has 5 nitrogen and oxygen atoms in total. The van der Waals surface area contributed by atoms with E-state index in [0.29, 0.717) is 0 Å². The van der Waals surface area contributed by atoms with Crippen LogP contribution in [-0.4, -0.2) is 20.9 Å². The SMILES string of the molecule is CCc1nn(C)cc1Nc1ccc(C(=O)O)cc1. The highest BCUT2D eigenvalue weighted by Crippen LogP contribution is 2.20. The second-order valence-corrected chi connectivity index (χ2v) is 4.02. The number of carboxylic acids is 1. The summed E-state index contributed by atoms with van der Waals surface area (Å²) < 4.78 is 1.76. The smallest absolute Gasteiger partial charge is 0.335 e. The molecule has 0 atom stereocenters. The number of nitrogens with zero attached hydrogens (tertiary/aromatic N) is 2. The molecule has 0 radical (unpaired) electrons. The molecule has 2 rings (SSSR count). The van der Waals surface area contributed by atoms with Crippen LogP contribution in [0, 0.1) is 0 Å².